The summed E-state index contributed by atoms with van der Waals surface area (Å²) in [5.41, 5.74) is 1.45. The molecule has 0 radical (unpaired) electrons. The summed E-state index contributed by atoms with van der Waals surface area (Å²) >= 11 is 0. The van der Waals surface area contributed by atoms with Crippen LogP contribution in [0.15, 0.2) is 60.7 Å². The van der Waals surface area contributed by atoms with E-state index in [2.05, 4.69) is 26.0 Å². The Kier molecular flexibility index (Phi) is 5.82. The van der Waals surface area contributed by atoms with Crippen molar-refractivity contribution in [1.29, 1.82) is 0 Å². The number of carbonyl (C=O) groups is 1. The van der Waals surface area contributed by atoms with Gasteiger partial charge in [0.15, 0.2) is 0 Å². The molecule has 0 saturated carbocycles. The Hall–Kier alpha value is -2.09. The maximum absolute atomic E-state index is 12.9. The van der Waals surface area contributed by atoms with E-state index in [-0.39, 0.29) is 11.4 Å². The number of benzene rings is 2. The summed E-state index contributed by atoms with van der Waals surface area (Å²) in [6.07, 6.45) is 1.63. The normalized spacial score (nSPS) is 16.0. The van der Waals surface area contributed by atoms with Crippen molar-refractivity contribution in [3.8, 4) is 0 Å². The van der Waals surface area contributed by atoms with Crippen LogP contribution in [-0.2, 0) is 20.4 Å². The van der Waals surface area contributed by atoms with Crippen molar-refractivity contribution >= 4 is 5.97 Å². The number of ether oxygens (including phenoxy) is 1. The van der Waals surface area contributed by atoms with E-state index < -0.39 is 5.41 Å². The van der Waals surface area contributed by atoms with E-state index in [1.165, 1.54) is 5.56 Å². The van der Waals surface area contributed by atoms with Crippen molar-refractivity contribution in [2.24, 2.45) is 0 Å². The summed E-state index contributed by atoms with van der Waals surface area (Å²) in [6.45, 7) is 8.69. The van der Waals surface area contributed by atoms with Crippen LogP contribution in [0, 0.1) is 0 Å². The molecule has 0 spiro atoms. The van der Waals surface area contributed by atoms with Crippen LogP contribution in [0.2, 0.25) is 0 Å². The average molecular weight is 324 g/mol. The first-order valence-corrected chi connectivity index (χ1v) is 8.74. The maximum atomic E-state index is 12.9. The SMILES string of the molecule is CC[C@](C)(COC(=O)[C@@](C)(CC)c1ccccc1)c1ccccc1. The minimum absolute atomic E-state index is 0.146. The van der Waals surface area contributed by atoms with Gasteiger partial charge in [0.05, 0.1) is 5.41 Å². The van der Waals surface area contributed by atoms with Crippen LogP contribution in [0.1, 0.15) is 51.7 Å². The summed E-state index contributed by atoms with van der Waals surface area (Å²) < 4.78 is 5.82. The predicted octanol–water partition coefficient (Wildman–Crippen LogP) is 5.27. The molecule has 0 unspecified atom stereocenters. The number of hydrogen-bond acceptors (Lipinski definition) is 2. The van der Waals surface area contributed by atoms with Crippen LogP contribution >= 0.6 is 0 Å². The first-order valence-electron chi connectivity index (χ1n) is 8.74. The predicted molar refractivity (Wildman–Crippen MR) is 99.1 cm³/mol. The minimum Gasteiger partial charge on any atom is -0.464 e. The van der Waals surface area contributed by atoms with Crippen LogP contribution in [0.5, 0.6) is 0 Å². The highest BCUT2D eigenvalue weighted by Crippen LogP contribution is 2.32. The molecule has 0 amide bonds. The fraction of sp³-hybridized carbons (Fsp3) is 0.409. The molecule has 128 valence electrons. The van der Waals surface area contributed by atoms with Gasteiger partial charge in [-0.2, -0.15) is 0 Å². The molecule has 2 rings (SSSR count). The van der Waals surface area contributed by atoms with Gasteiger partial charge >= 0.3 is 5.97 Å². The van der Waals surface area contributed by atoms with Crippen LogP contribution in [0.25, 0.3) is 0 Å². The summed E-state index contributed by atoms with van der Waals surface area (Å²) in [7, 11) is 0. The summed E-state index contributed by atoms with van der Waals surface area (Å²) in [5.74, 6) is -0.146. The van der Waals surface area contributed by atoms with Crippen LogP contribution in [-0.4, -0.2) is 12.6 Å². The highest BCUT2D eigenvalue weighted by atomic mass is 16.5. The fourth-order valence-corrected chi connectivity index (χ4v) is 2.89. The first kappa shape index (κ1) is 18.3. The molecule has 2 nitrogen and oxygen atoms in total. The molecule has 0 N–H and O–H groups in total. The molecule has 24 heavy (non-hydrogen) atoms. The van der Waals surface area contributed by atoms with Crippen molar-refractivity contribution in [1.82, 2.24) is 0 Å². The molecular formula is C22H28O2. The lowest BCUT2D eigenvalue weighted by atomic mass is 9.79. The van der Waals surface area contributed by atoms with Gasteiger partial charge in [-0.15, -0.1) is 0 Å². The fourth-order valence-electron chi connectivity index (χ4n) is 2.89. The Labute approximate surface area is 145 Å². The summed E-state index contributed by atoms with van der Waals surface area (Å²) in [5, 5.41) is 0. The average Bonchev–Trinajstić information content (AvgIpc) is 2.66. The third kappa shape index (κ3) is 3.69. The Balaban J connectivity index is 2.16. The van der Waals surface area contributed by atoms with Gasteiger partial charge in [0.2, 0.25) is 0 Å². The monoisotopic (exact) mass is 324 g/mol. The lowest BCUT2D eigenvalue weighted by Gasteiger charge is -2.32. The molecule has 2 atom stereocenters. The number of carbonyl (C=O) groups excluding carboxylic acids is 1. The van der Waals surface area contributed by atoms with Gasteiger partial charge in [-0.25, -0.2) is 0 Å². The van der Waals surface area contributed by atoms with Crippen molar-refractivity contribution in [3.63, 3.8) is 0 Å². The highest BCUT2D eigenvalue weighted by Gasteiger charge is 2.36. The molecule has 2 aromatic rings. The summed E-state index contributed by atoms with van der Waals surface area (Å²) in [4.78, 5) is 12.9. The third-order valence-electron chi connectivity index (χ3n) is 5.34. The third-order valence-corrected chi connectivity index (χ3v) is 5.34. The zero-order chi connectivity index (χ0) is 17.6. The maximum Gasteiger partial charge on any atom is 0.316 e. The quantitative estimate of drug-likeness (QED) is 0.649. The van der Waals surface area contributed by atoms with E-state index in [0.29, 0.717) is 13.0 Å². The molecule has 0 aliphatic carbocycles. The van der Waals surface area contributed by atoms with Crippen LogP contribution < -0.4 is 0 Å². The highest BCUT2D eigenvalue weighted by molar-refractivity contribution is 5.82. The van der Waals surface area contributed by atoms with Gasteiger partial charge in [-0.1, -0.05) is 81.4 Å². The molecule has 0 aliphatic heterocycles. The van der Waals surface area contributed by atoms with Gasteiger partial charge in [0.25, 0.3) is 0 Å². The van der Waals surface area contributed by atoms with Gasteiger partial charge in [0, 0.05) is 5.41 Å². The lowest BCUT2D eigenvalue weighted by Crippen LogP contribution is -2.37. The van der Waals surface area contributed by atoms with Crippen molar-refractivity contribution in [2.75, 3.05) is 6.61 Å². The zero-order valence-corrected chi connectivity index (χ0v) is 15.2. The van der Waals surface area contributed by atoms with E-state index in [4.69, 9.17) is 4.74 Å². The zero-order valence-electron chi connectivity index (χ0n) is 15.2. The molecule has 2 aromatic carbocycles. The van der Waals surface area contributed by atoms with Crippen molar-refractivity contribution < 1.29 is 9.53 Å². The molecule has 0 aliphatic rings. The van der Waals surface area contributed by atoms with Crippen LogP contribution in [0.3, 0.4) is 0 Å². The smallest absolute Gasteiger partial charge is 0.316 e. The van der Waals surface area contributed by atoms with Gasteiger partial charge in [-0.3, -0.25) is 4.79 Å². The molecule has 0 saturated heterocycles. The van der Waals surface area contributed by atoms with Gasteiger partial charge in [0.1, 0.15) is 6.61 Å². The molecule has 0 heterocycles. The van der Waals surface area contributed by atoms with Crippen molar-refractivity contribution in [3.05, 3.63) is 71.8 Å². The second-order valence-corrected chi connectivity index (χ2v) is 6.91. The second-order valence-electron chi connectivity index (χ2n) is 6.91. The number of hydrogen-bond donors (Lipinski definition) is 0. The number of esters is 1. The van der Waals surface area contributed by atoms with Gasteiger partial charge < -0.3 is 4.74 Å². The molecule has 2 heteroatoms. The molecule has 0 aromatic heterocycles. The largest absolute Gasteiger partial charge is 0.464 e. The van der Waals surface area contributed by atoms with E-state index >= 15 is 0 Å². The Morgan fingerprint density at radius 2 is 1.33 bits per heavy atom. The standard InChI is InChI=1S/C22H28O2/c1-5-21(3,18-13-9-7-10-14-18)17-24-20(23)22(4,6-2)19-15-11-8-12-16-19/h7-16H,5-6,17H2,1-4H3/t21-,22+/m1/s1. The second kappa shape index (κ2) is 7.65. The van der Waals surface area contributed by atoms with Crippen molar-refractivity contribution in [2.45, 2.75) is 51.4 Å². The van der Waals surface area contributed by atoms with E-state index in [1.54, 1.807) is 0 Å². The molecule has 0 bridgehead atoms. The molecule has 0 fully saturated rings. The van der Waals surface area contributed by atoms with Gasteiger partial charge in [-0.05, 0) is 30.9 Å². The Morgan fingerprint density at radius 3 is 1.79 bits per heavy atom. The number of rotatable bonds is 7. The first-order chi connectivity index (χ1) is 11.5. The topological polar surface area (TPSA) is 26.3 Å². The summed E-state index contributed by atoms with van der Waals surface area (Å²) in [6, 6.07) is 20.2. The lowest BCUT2D eigenvalue weighted by molar-refractivity contribution is -0.152. The minimum atomic E-state index is -0.605. The Morgan fingerprint density at radius 1 is 0.833 bits per heavy atom. The molecular weight excluding hydrogens is 296 g/mol. The van der Waals surface area contributed by atoms with E-state index in [0.717, 1.165) is 12.0 Å². The van der Waals surface area contributed by atoms with E-state index in [1.807, 2.05) is 62.4 Å². The van der Waals surface area contributed by atoms with Crippen LogP contribution in [0.4, 0.5) is 0 Å². The Bertz CT molecular complexity index is 650. The van der Waals surface area contributed by atoms with E-state index in [9.17, 15) is 4.79 Å².